The van der Waals surface area contributed by atoms with Crippen molar-refractivity contribution in [3.8, 4) is 11.5 Å². The van der Waals surface area contributed by atoms with E-state index >= 15 is 0 Å². The highest BCUT2D eigenvalue weighted by Crippen LogP contribution is 2.28. The van der Waals surface area contributed by atoms with E-state index in [0.29, 0.717) is 30.2 Å². The molecule has 1 aromatic heterocycles. The summed E-state index contributed by atoms with van der Waals surface area (Å²) in [6.45, 7) is 3.11. The molecule has 0 fully saturated rings. The number of benzene rings is 1. The number of aromatic nitrogens is 1. The zero-order valence-corrected chi connectivity index (χ0v) is 12.8. The minimum atomic E-state index is -0.154. The van der Waals surface area contributed by atoms with Crippen LogP contribution in [-0.4, -0.2) is 24.6 Å². The maximum Gasteiger partial charge on any atom is 0.253 e. The number of carbonyl (C=O) groups excluding carboxylic acids is 1. The smallest absolute Gasteiger partial charge is 0.253 e. The van der Waals surface area contributed by atoms with Crippen LogP contribution in [0.1, 0.15) is 29.3 Å². The van der Waals surface area contributed by atoms with Crippen LogP contribution in [0.4, 0.5) is 0 Å². The van der Waals surface area contributed by atoms with Gasteiger partial charge in [0.25, 0.3) is 5.91 Å². The first-order chi connectivity index (χ1) is 10.7. The van der Waals surface area contributed by atoms with Gasteiger partial charge in [-0.15, -0.1) is 0 Å². The highest BCUT2D eigenvalue weighted by atomic mass is 16.5. The highest BCUT2D eigenvalue weighted by Gasteiger charge is 2.08. The predicted octanol–water partition coefficient (Wildman–Crippen LogP) is 2.81. The Balaban J connectivity index is 1.99. The maximum atomic E-state index is 12.0. The van der Waals surface area contributed by atoms with Crippen LogP contribution in [-0.2, 0) is 6.54 Å². The third-order valence-corrected chi connectivity index (χ3v) is 3.07. The van der Waals surface area contributed by atoms with E-state index in [0.717, 1.165) is 12.0 Å². The molecule has 0 aliphatic rings. The molecule has 0 unspecified atom stereocenters. The molecule has 0 aliphatic carbocycles. The first-order valence-corrected chi connectivity index (χ1v) is 7.22. The lowest BCUT2D eigenvalue weighted by Crippen LogP contribution is -2.22. The second-order valence-electron chi connectivity index (χ2n) is 4.76. The summed E-state index contributed by atoms with van der Waals surface area (Å²) in [4.78, 5) is 15.9. The Kier molecular flexibility index (Phi) is 5.77. The maximum absolute atomic E-state index is 12.0. The minimum absolute atomic E-state index is 0.154. The Morgan fingerprint density at radius 2 is 2.14 bits per heavy atom. The summed E-state index contributed by atoms with van der Waals surface area (Å²) in [5.41, 5.74) is 1.48. The first kappa shape index (κ1) is 15.8. The molecule has 5 heteroatoms. The van der Waals surface area contributed by atoms with Gasteiger partial charge in [-0.05, 0) is 36.2 Å². The van der Waals surface area contributed by atoms with Crippen LogP contribution >= 0.6 is 0 Å². The lowest BCUT2D eigenvalue weighted by Gasteiger charge is -2.12. The van der Waals surface area contributed by atoms with E-state index in [-0.39, 0.29) is 5.91 Å². The van der Waals surface area contributed by atoms with E-state index in [4.69, 9.17) is 9.47 Å². The number of pyridine rings is 1. The van der Waals surface area contributed by atoms with E-state index in [1.165, 1.54) is 6.20 Å². The normalized spacial score (nSPS) is 10.1. The molecule has 2 aromatic rings. The fourth-order valence-corrected chi connectivity index (χ4v) is 1.93. The molecule has 0 spiro atoms. The first-order valence-electron chi connectivity index (χ1n) is 7.22. The zero-order chi connectivity index (χ0) is 15.8. The van der Waals surface area contributed by atoms with Crippen molar-refractivity contribution in [2.24, 2.45) is 0 Å². The summed E-state index contributed by atoms with van der Waals surface area (Å²) in [6.07, 6.45) is 4.11. The van der Waals surface area contributed by atoms with E-state index < -0.39 is 0 Å². The summed E-state index contributed by atoms with van der Waals surface area (Å²) in [5, 5.41) is 2.85. The van der Waals surface area contributed by atoms with E-state index in [9.17, 15) is 4.79 Å². The fraction of sp³-hybridized carbons (Fsp3) is 0.294. The van der Waals surface area contributed by atoms with Gasteiger partial charge in [-0.1, -0.05) is 13.0 Å². The van der Waals surface area contributed by atoms with Gasteiger partial charge in [-0.2, -0.15) is 0 Å². The SMILES string of the molecule is CCCOc1ccc(CNC(=O)c2cccnc2)cc1OC. The van der Waals surface area contributed by atoms with Gasteiger partial charge in [-0.25, -0.2) is 0 Å². The van der Waals surface area contributed by atoms with Crippen molar-refractivity contribution in [1.82, 2.24) is 10.3 Å². The number of ether oxygens (including phenoxy) is 2. The van der Waals surface area contributed by atoms with Crippen molar-refractivity contribution in [2.45, 2.75) is 19.9 Å². The summed E-state index contributed by atoms with van der Waals surface area (Å²) >= 11 is 0. The van der Waals surface area contributed by atoms with Crippen molar-refractivity contribution in [2.75, 3.05) is 13.7 Å². The lowest BCUT2D eigenvalue weighted by molar-refractivity contribution is 0.0950. The van der Waals surface area contributed by atoms with Crippen LogP contribution in [0.3, 0.4) is 0 Å². The third-order valence-electron chi connectivity index (χ3n) is 3.07. The number of nitrogens with zero attached hydrogens (tertiary/aromatic N) is 1. The summed E-state index contributed by atoms with van der Waals surface area (Å²) in [6, 6.07) is 9.11. The molecule has 22 heavy (non-hydrogen) atoms. The molecule has 2 rings (SSSR count). The molecule has 1 heterocycles. The Morgan fingerprint density at radius 3 is 2.82 bits per heavy atom. The van der Waals surface area contributed by atoms with Gasteiger partial charge in [0.1, 0.15) is 0 Å². The van der Waals surface area contributed by atoms with Crippen LogP contribution in [0.5, 0.6) is 11.5 Å². The van der Waals surface area contributed by atoms with Crippen molar-refractivity contribution in [3.05, 3.63) is 53.9 Å². The van der Waals surface area contributed by atoms with Crippen molar-refractivity contribution in [3.63, 3.8) is 0 Å². The fourth-order valence-electron chi connectivity index (χ4n) is 1.93. The van der Waals surface area contributed by atoms with Gasteiger partial charge < -0.3 is 14.8 Å². The summed E-state index contributed by atoms with van der Waals surface area (Å²) < 4.78 is 10.9. The molecule has 0 aliphatic heterocycles. The molecule has 1 aromatic carbocycles. The van der Waals surface area contributed by atoms with Crippen LogP contribution in [0.25, 0.3) is 0 Å². The Labute approximate surface area is 130 Å². The van der Waals surface area contributed by atoms with Crippen molar-refractivity contribution < 1.29 is 14.3 Å². The van der Waals surface area contributed by atoms with Gasteiger partial charge in [0.2, 0.25) is 0 Å². The quantitative estimate of drug-likeness (QED) is 0.854. The molecular formula is C17H20N2O3. The molecule has 116 valence electrons. The van der Waals surface area contributed by atoms with Gasteiger partial charge in [0, 0.05) is 18.9 Å². The van der Waals surface area contributed by atoms with Crippen molar-refractivity contribution >= 4 is 5.91 Å². The molecule has 0 saturated heterocycles. The van der Waals surface area contributed by atoms with Gasteiger partial charge >= 0.3 is 0 Å². The average molecular weight is 300 g/mol. The molecule has 0 bridgehead atoms. The van der Waals surface area contributed by atoms with Crippen LogP contribution in [0, 0.1) is 0 Å². The Bertz CT molecular complexity index is 615. The van der Waals surface area contributed by atoms with Gasteiger partial charge in [0.05, 0.1) is 19.3 Å². The predicted molar refractivity (Wildman–Crippen MR) is 84.2 cm³/mol. The monoisotopic (exact) mass is 300 g/mol. The van der Waals surface area contributed by atoms with E-state index in [1.807, 2.05) is 18.2 Å². The zero-order valence-electron chi connectivity index (χ0n) is 12.8. The van der Waals surface area contributed by atoms with Crippen LogP contribution in [0.2, 0.25) is 0 Å². The molecule has 1 amide bonds. The van der Waals surface area contributed by atoms with Crippen molar-refractivity contribution in [1.29, 1.82) is 0 Å². The largest absolute Gasteiger partial charge is 0.493 e. The minimum Gasteiger partial charge on any atom is -0.493 e. The molecule has 1 N–H and O–H groups in total. The lowest BCUT2D eigenvalue weighted by atomic mass is 10.2. The molecule has 0 saturated carbocycles. The Hall–Kier alpha value is -2.56. The van der Waals surface area contributed by atoms with Gasteiger partial charge in [-0.3, -0.25) is 9.78 Å². The summed E-state index contributed by atoms with van der Waals surface area (Å²) in [7, 11) is 1.60. The molecule has 5 nitrogen and oxygen atoms in total. The number of rotatable bonds is 7. The topological polar surface area (TPSA) is 60.5 Å². The molecule has 0 atom stereocenters. The number of carbonyl (C=O) groups is 1. The molecular weight excluding hydrogens is 280 g/mol. The second-order valence-corrected chi connectivity index (χ2v) is 4.76. The number of amides is 1. The average Bonchev–Trinajstić information content (AvgIpc) is 2.58. The number of hydrogen-bond donors (Lipinski definition) is 1. The number of methoxy groups -OCH3 is 1. The van der Waals surface area contributed by atoms with Crippen LogP contribution in [0.15, 0.2) is 42.7 Å². The second kappa shape index (κ2) is 8.02. The number of hydrogen-bond acceptors (Lipinski definition) is 4. The standard InChI is InChI=1S/C17H20N2O3/c1-3-9-22-15-7-6-13(10-16(15)21-2)11-19-17(20)14-5-4-8-18-12-14/h4-8,10,12H,3,9,11H2,1-2H3,(H,19,20). The van der Waals surface area contributed by atoms with Crippen LogP contribution < -0.4 is 14.8 Å². The third kappa shape index (κ3) is 4.22. The molecule has 0 radical (unpaired) electrons. The number of nitrogens with one attached hydrogen (secondary N) is 1. The highest BCUT2D eigenvalue weighted by molar-refractivity contribution is 5.93. The van der Waals surface area contributed by atoms with E-state index in [2.05, 4.69) is 17.2 Å². The van der Waals surface area contributed by atoms with E-state index in [1.54, 1.807) is 25.4 Å². The van der Waals surface area contributed by atoms with Gasteiger partial charge in [0.15, 0.2) is 11.5 Å². The summed E-state index contributed by atoms with van der Waals surface area (Å²) in [5.74, 6) is 1.23. The Morgan fingerprint density at radius 1 is 1.27 bits per heavy atom.